The maximum atomic E-state index is 16.1. The number of aliphatic carboxylic acids is 1. The van der Waals surface area contributed by atoms with Gasteiger partial charge in [0.15, 0.2) is 23.1 Å². The fraction of sp³-hybridized carbons (Fsp3) is 0.346. The summed E-state index contributed by atoms with van der Waals surface area (Å²) in [6, 6.07) is 7.26. The Morgan fingerprint density at radius 1 is 1.33 bits per heavy atom. The van der Waals surface area contributed by atoms with Crippen molar-refractivity contribution in [3.8, 4) is 11.8 Å². The van der Waals surface area contributed by atoms with Gasteiger partial charge in [-0.15, -0.1) is 0 Å². The van der Waals surface area contributed by atoms with Crippen molar-refractivity contribution >= 4 is 27.8 Å². The Kier molecular flexibility index (Phi) is 5.37. The summed E-state index contributed by atoms with van der Waals surface area (Å²) in [7, 11) is 0. The van der Waals surface area contributed by atoms with Crippen LogP contribution in [0.1, 0.15) is 50.8 Å². The number of carboxylic acid groups (broad SMARTS) is 1. The molecule has 10 heteroatoms. The average Bonchev–Trinajstić information content (AvgIpc) is 3.52. The number of hydrogen-bond acceptors (Lipinski definition) is 4. The van der Waals surface area contributed by atoms with Gasteiger partial charge in [0.1, 0.15) is 5.52 Å². The van der Waals surface area contributed by atoms with Crippen LogP contribution in [0.3, 0.4) is 0 Å². The molecule has 1 aliphatic heterocycles. The molecule has 3 heterocycles. The third kappa shape index (κ3) is 3.45. The zero-order valence-corrected chi connectivity index (χ0v) is 19.8. The molecule has 0 amide bonds. The van der Waals surface area contributed by atoms with Gasteiger partial charge in [-0.3, -0.25) is 5.10 Å². The molecule has 0 radical (unpaired) electrons. The summed E-state index contributed by atoms with van der Waals surface area (Å²) >= 11 is 0. The van der Waals surface area contributed by atoms with Crippen LogP contribution >= 0.6 is 0 Å². The van der Waals surface area contributed by atoms with Gasteiger partial charge in [-0.25, -0.2) is 18.0 Å². The Balaban J connectivity index is 1.94. The number of benzene rings is 2. The lowest BCUT2D eigenvalue weighted by Gasteiger charge is -2.28. The third-order valence-corrected chi connectivity index (χ3v) is 7.07. The van der Waals surface area contributed by atoms with Crippen LogP contribution in [-0.4, -0.2) is 38.0 Å². The molecular weight excluding hydrogens is 473 g/mol. The van der Waals surface area contributed by atoms with E-state index in [2.05, 4.69) is 16.3 Å². The number of halogens is 3. The summed E-state index contributed by atoms with van der Waals surface area (Å²) in [5.74, 6) is -4.38. The number of fused-ring (bicyclic) bond motifs is 2. The molecule has 0 bridgehead atoms. The molecule has 1 fully saturated rings. The lowest BCUT2D eigenvalue weighted by atomic mass is 9.79. The number of H-pyrrole nitrogens is 1. The molecule has 1 aliphatic rings. The predicted molar refractivity (Wildman–Crippen MR) is 125 cm³/mol. The number of hydrogen-bond donors (Lipinski definition) is 2. The fourth-order valence-corrected chi connectivity index (χ4v) is 5.27. The number of nitriles is 1. The van der Waals surface area contributed by atoms with E-state index in [4.69, 9.17) is 4.74 Å². The quantitative estimate of drug-likeness (QED) is 0.382. The molecule has 4 aromatic rings. The van der Waals surface area contributed by atoms with Crippen molar-refractivity contribution in [2.45, 2.75) is 50.5 Å². The van der Waals surface area contributed by atoms with Gasteiger partial charge < -0.3 is 14.4 Å². The number of carbonyl (C=O) groups is 1. The van der Waals surface area contributed by atoms with Crippen molar-refractivity contribution in [3.05, 3.63) is 59.2 Å². The van der Waals surface area contributed by atoms with Gasteiger partial charge in [-0.2, -0.15) is 10.4 Å². The molecule has 0 unspecified atom stereocenters. The first-order valence-corrected chi connectivity index (χ1v) is 11.4. The van der Waals surface area contributed by atoms with E-state index < -0.39 is 40.4 Å². The second kappa shape index (κ2) is 8.10. The van der Waals surface area contributed by atoms with E-state index in [0.29, 0.717) is 22.2 Å². The smallest absolute Gasteiger partial charge is 0.335 e. The highest BCUT2D eigenvalue weighted by atomic mass is 19.2. The van der Waals surface area contributed by atoms with Gasteiger partial charge in [-0.05, 0) is 37.1 Å². The number of aromatic amines is 1. The summed E-state index contributed by atoms with van der Waals surface area (Å²) in [6.45, 7) is 5.09. The predicted octanol–water partition coefficient (Wildman–Crippen LogP) is 5.46. The average molecular weight is 496 g/mol. The Hall–Kier alpha value is -3.84. The fourth-order valence-electron chi connectivity index (χ4n) is 5.27. The minimum absolute atomic E-state index is 0.00970. The molecule has 186 valence electrons. The lowest BCUT2D eigenvalue weighted by molar-refractivity contribution is -0.157. The van der Waals surface area contributed by atoms with Crippen LogP contribution < -0.4 is 0 Å². The summed E-state index contributed by atoms with van der Waals surface area (Å²) in [4.78, 5) is 11.9. The van der Waals surface area contributed by atoms with Crippen LogP contribution in [0.25, 0.3) is 27.5 Å². The Labute approximate surface area is 204 Å². The number of aromatic nitrogens is 3. The Morgan fingerprint density at radius 3 is 2.72 bits per heavy atom. The van der Waals surface area contributed by atoms with Crippen molar-refractivity contribution in [1.29, 1.82) is 5.26 Å². The van der Waals surface area contributed by atoms with E-state index >= 15 is 4.39 Å². The van der Waals surface area contributed by atoms with Crippen LogP contribution in [0.15, 0.2) is 30.5 Å². The number of ether oxygens (including phenoxy) is 1. The van der Waals surface area contributed by atoms with Crippen LogP contribution in [-0.2, 0) is 14.9 Å². The van der Waals surface area contributed by atoms with E-state index in [9.17, 15) is 23.9 Å². The molecule has 2 aromatic carbocycles. The SMILES string of the molecule is CC(C)(CC#N)c1c([C@@H]2CO[C@](C)(C(=O)O)C2)c2c(F)c3[nH]ncc3cc2n1-c1ccc(F)c(F)c1. The van der Waals surface area contributed by atoms with Gasteiger partial charge in [0.25, 0.3) is 0 Å². The highest BCUT2D eigenvalue weighted by molar-refractivity contribution is 6.00. The van der Waals surface area contributed by atoms with Crippen LogP contribution in [0, 0.1) is 28.8 Å². The normalized spacial score (nSPS) is 20.3. The third-order valence-electron chi connectivity index (χ3n) is 7.07. The first kappa shape index (κ1) is 23.9. The van der Waals surface area contributed by atoms with E-state index in [1.54, 1.807) is 10.6 Å². The molecule has 2 aromatic heterocycles. The summed E-state index contributed by atoms with van der Waals surface area (Å²) < 4.78 is 51.7. The van der Waals surface area contributed by atoms with Crippen LogP contribution in [0.4, 0.5) is 13.2 Å². The van der Waals surface area contributed by atoms with Crippen molar-refractivity contribution < 1.29 is 27.8 Å². The standard InChI is InChI=1S/C26H23F3N4O3/c1-25(2,6-7-30)23-19(14-10-26(3,24(34)35)36-12-14)20-18(8-13-11-31-32-22(13)21(20)29)33(23)15-4-5-16(27)17(28)9-15/h4-5,8-9,11,14H,6,10,12H2,1-3H3,(H,31,32)(H,34,35)/t14-,26-/m0/s1. The molecule has 1 saturated heterocycles. The number of nitrogens with one attached hydrogen (secondary N) is 1. The summed E-state index contributed by atoms with van der Waals surface area (Å²) in [5, 5.41) is 26.6. The van der Waals surface area contributed by atoms with Gasteiger partial charge in [0, 0.05) is 46.0 Å². The topological polar surface area (TPSA) is 104 Å². The van der Waals surface area contributed by atoms with Crippen molar-refractivity contribution in [1.82, 2.24) is 14.8 Å². The molecule has 0 aliphatic carbocycles. The molecule has 2 atom stereocenters. The summed E-state index contributed by atoms with van der Waals surface area (Å²) in [6.07, 6.45) is 1.56. The minimum Gasteiger partial charge on any atom is -0.479 e. The van der Waals surface area contributed by atoms with Gasteiger partial charge in [0.2, 0.25) is 0 Å². The summed E-state index contributed by atoms with van der Waals surface area (Å²) in [5.41, 5.74) is -0.598. The zero-order valence-electron chi connectivity index (χ0n) is 19.8. The first-order valence-electron chi connectivity index (χ1n) is 11.4. The van der Waals surface area contributed by atoms with Crippen LogP contribution in [0.2, 0.25) is 0 Å². The van der Waals surface area contributed by atoms with E-state index in [1.807, 2.05) is 13.8 Å². The lowest BCUT2D eigenvalue weighted by Crippen LogP contribution is -2.34. The molecular formula is C26H23F3N4O3. The molecule has 0 saturated carbocycles. The van der Waals surface area contributed by atoms with E-state index in [0.717, 1.165) is 12.1 Å². The number of nitrogens with zero attached hydrogens (tertiary/aromatic N) is 3. The maximum Gasteiger partial charge on any atom is 0.335 e. The number of carboxylic acids is 1. The molecule has 36 heavy (non-hydrogen) atoms. The molecule has 0 spiro atoms. The Morgan fingerprint density at radius 2 is 2.08 bits per heavy atom. The second-order valence-electron chi connectivity index (χ2n) is 10.1. The Bertz CT molecular complexity index is 1580. The zero-order chi connectivity index (χ0) is 26.0. The minimum atomic E-state index is -1.48. The molecule has 7 nitrogen and oxygen atoms in total. The van der Waals surface area contributed by atoms with Gasteiger partial charge >= 0.3 is 5.97 Å². The highest BCUT2D eigenvalue weighted by Gasteiger charge is 2.46. The number of rotatable bonds is 5. The largest absolute Gasteiger partial charge is 0.479 e. The van der Waals surface area contributed by atoms with Gasteiger partial charge in [0.05, 0.1) is 24.4 Å². The van der Waals surface area contributed by atoms with Gasteiger partial charge in [-0.1, -0.05) is 13.8 Å². The van der Waals surface area contributed by atoms with E-state index in [1.165, 1.54) is 19.2 Å². The van der Waals surface area contributed by atoms with Crippen molar-refractivity contribution in [3.63, 3.8) is 0 Å². The second-order valence-corrected chi connectivity index (χ2v) is 10.1. The first-order chi connectivity index (χ1) is 17.0. The van der Waals surface area contributed by atoms with Crippen LogP contribution in [0.5, 0.6) is 0 Å². The van der Waals surface area contributed by atoms with Crippen molar-refractivity contribution in [2.24, 2.45) is 0 Å². The van der Waals surface area contributed by atoms with Crippen molar-refractivity contribution in [2.75, 3.05) is 6.61 Å². The molecule has 2 N–H and O–H groups in total. The molecule has 5 rings (SSSR count). The highest BCUT2D eigenvalue weighted by Crippen LogP contribution is 2.48. The van der Waals surface area contributed by atoms with E-state index in [-0.39, 0.29) is 36.0 Å². The maximum absolute atomic E-state index is 16.1. The monoisotopic (exact) mass is 496 g/mol.